The summed E-state index contributed by atoms with van der Waals surface area (Å²) < 4.78 is 52.6. The summed E-state index contributed by atoms with van der Waals surface area (Å²) in [7, 11) is -7.01. The predicted octanol–water partition coefficient (Wildman–Crippen LogP) is 0.699. The Hall–Kier alpha value is -1.65. The van der Waals surface area contributed by atoms with Crippen LogP contribution in [0.2, 0.25) is 0 Å². The topological polar surface area (TPSA) is 104 Å². The van der Waals surface area contributed by atoms with Crippen LogP contribution in [0.5, 0.6) is 0 Å². The number of benzene rings is 1. The summed E-state index contributed by atoms with van der Waals surface area (Å²) in [5, 5.41) is 2.62. The highest BCUT2D eigenvalue weighted by Crippen LogP contribution is 2.30. The molecule has 156 valence electrons. The third-order valence-corrected chi connectivity index (χ3v) is 9.01. The van der Waals surface area contributed by atoms with Gasteiger partial charge in [-0.15, -0.1) is 0 Å². The van der Waals surface area contributed by atoms with E-state index in [1.807, 2.05) is 12.1 Å². The monoisotopic (exact) mass is 429 g/mol. The maximum atomic E-state index is 12.7. The molecule has 1 unspecified atom stereocenters. The quantitative estimate of drug-likeness (QED) is 0.655. The highest BCUT2D eigenvalue weighted by Gasteiger charge is 2.38. The number of hydrogen-bond acceptors (Lipinski definition) is 5. The van der Waals surface area contributed by atoms with Crippen LogP contribution in [-0.4, -0.2) is 64.2 Å². The molecule has 1 aromatic carbocycles. The fourth-order valence-corrected chi connectivity index (χ4v) is 7.01. The van der Waals surface area contributed by atoms with E-state index in [2.05, 4.69) is 5.32 Å². The van der Waals surface area contributed by atoms with Gasteiger partial charge in [-0.1, -0.05) is 25.1 Å². The SMILES string of the molecule is CCCS(=O)(=O)N1CCCC1C(=O)NCCS(=O)(=O)N1CCc2ccccc21. The van der Waals surface area contributed by atoms with E-state index in [1.165, 1.54) is 8.61 Å². The molecule has 28 heavy (non-hydrogen) atoms. The van der Waals surface area contributed by atoms with Crippen molar-refractivity contribution in [1.29, 1.82) is 0 Å². The van der Waals surface area contributed by atoms with Crippen molar-refractivity contribution in [3.63, 3.8) is 0 Å². The van der Waals surface area contributed by atoms with Crippen molar-refractivity contribution >= 4 is 31.6 Å². The number of nitrogens with one attached hydrogen (secondary N) is 1. The Morgan fingerprint density at radius 3 is 2.61 bits per heavy atom. The molecule has 1 saturated heterocycles. The first-order valence-electron chi connectivity index (χ1n) is 9.62. The highest BCUT2D eigenvalue weighted by atomic mass is 32.2. The molecule has 0 aliphatic carbocycles. The van der Waals surface area contributed by atoms with Crippen LogP contribution in [-0.2, 0) is 31.3 Å². The lowest BCUT2D eigenvalue weighted by Gasteiger charge is -2.23. The standard InChI is InChI=1S/C18H27N3O5S2/c1-2-13-27(23,24)20-11-5-8-17(20)18(22)19-10-14-28(25,26)21-12-9-15-6-3-4-7-16(15)21/h3-4,6-7,17H,2,5,8-14H2,1H3,(H,19,22). The number of carbonyl (C=O) groups excluding carboxylic acids is 1. The number of nitrogens with zero attached hydrogens (tertiary/aromatic N) is 2. The number of amides is 1. The van der Waals surface area contributed by atoms with E-state index in [9.17, 15) is 21.6 Å². The molecule has 2 aliphatic rings. The van der Waals surface area contributed by atoms with E-state index in [-0.39, 0.29) is 18.1 Å². The smallest absolute Gasteiger partial charge is 0.238 e. The van der Waals surface area contributed by atoms with E-state index in [0.29, 0.717) is 44.5 Å². The summed E-state index contributed by atoms with van der Waals surface area (Å²) in [5.41, 5.74) is 1.69. The first-order chi connectivity index (χ1) is 13.3. The summed E-state index contributed by atoms with van der Waals surface area (Å²) in [4.78, 5) is 12.5. The molecule has 2 aliphatic heterocycles. The Balaban J connectivity index is 1.58. The van der Waals surface area contributed by atoms with E-state index >= 15 is 0 Å². The number of rotatable bonds is 8. The van der Waals surface area contributed by atoms with Crippen molar-refractivity contribution in [2.75, 3.05) is 35.4 Å². The highest BCUT2D eigenvalue weighted by molar-refractivity contribution is 7.92. The van der Waals surface area contributed by atoms with Gasteiger partial charge in [0.05, 0.1) is 17.2 Å². The molecule has 0 spiro atoms. The molecule has 0 saturated carbocycles. The summed E-state index contributed by atoms with van der Waals surface area (Å²) >= 11 is 0. The van der Waals surface area contributed by atoms with Crippen LogP contribution >= 0.6 is 0 Å². The van der Waals surface area contributed by atoms with Crippen LogP contribution in [0.1, 0.15) is 31.7 Å². The number of fused-ring (bicyclic) bond motifs is 1. The molecule has 1 fully saturated rings. The molecule has 10 heteroatoms. The molecular formula is C18H27N3O5S2. The minimum Gasteiger partial charge on any atom is -0.354 e. The summed E-state index contributed by atoms with van der Waals surface area (Å²) in [6.07, 6.45) is 2.25. The fraction of sp³-hybridized carbons (Fsp3) is 0.611. The Bertz CT molecular complexity index is 930. The largest absolute Gasteiger partial charge is 0.354 e. The van der Waals surface area contributed by atoms with Gasteiger partial charge < -0.3 is 5.32 Å². The molecule has 1 aromatic rings. The van der Waals surface area contributed by atoms with Crippen LogP contribution in [0.3, 0.4) is 0 Å². The van der Waals surface area contributed by atoms with Crippen molar-refractivity contribution in [2.24, 2.45) is 0 Å². The zero-order valence-corrected chi connectivity index (χ0v) is 17.6. The van der Waals surface area contributed by atoms with Gasteiger partial charge >= 0.3 is 0 Å². The normalized spacial score (nSPS) is 20.3. The Morgan fingerprint density at radius 2 is 1.86 bits per heavy atom. The number of hydrogen-bond donors (Lipinski definition) is 1. The van der Waals surface area contributed by atoms with Crippen LogP contribution in [0.25, 0.3) is 0 Å². The zero-order valence-electron chi connectivity index (χ0n) is 16.0. The number of sulfonamides is 2. The molecule has 1 atom stereocenters. The molecular weight excluding hydrogens is 402 g/mol. The number of carbonyl (C=O) groups is 1. The van der Waals surface area contributed by atoms with Gasteiger partial charge in [0.25, 0.3) is 0 Å². The molecule has 3 rings (SSSR count). The molecule has 0 bridgehead atoms. The minimum absolute atomic E-state index is 0.0134. The van der Waals surface area contributed by atoms with Gasteiger partial charge in [0, 0.05) is 19.6 Å². The third-order valence-electron chi connectivity index (χ3n) is 5.17. The van der Waals surface area contributed by atoms with Gasteiger partial charge in [-0.25, -0.2) is 16.8 Å². The fourth-order valence-electron chi connectivity index (χ4n) is 3.84. The van der Waals surface area contributed by atoms with Crippen LogP contribution in [0.4, 0.5) is 5.69 Å². The first kappa shape index (κ1) is 21.1. The zero-order chi connectivity index (χ0) is 20.4. The van der Waals surface area contributed by atoms with Gasteiger partial charge in [0.2, 0.25) is 26.0 Å². The average Bonchev–Trinajstić information content (AvgIpc) is 3.29. The summed E-state index contributed by atoms with van der Waals surface area (Å²) in [5.74, 6) is -0.629. The Kier molecular flexibility index (Phi) is 6.31. The van der Waals surface area contributed by atoms with E-state index in [4.69, 9.17) is 0 Å². The maximum Gasteiger partial charge on any atom is 0.238 e. The average molecular weight is 430 g/mol. The summed E-state index contributed by atoms with van der Waals surface area (Å²) in [6, 6.07) is 6.65. The van der Waals surface area contributed by atoms with Crippen molar-refractivity contribution in [3.8, 4) is 0 Å². The van der Waals surface area contributed by atoms with Gasteiger partial charge in [-0.05, 0) is 37.3 Å². The van der Waals surface area contributed by atoms with E-state index in [1.54, 1.807) is 19.1 Å². The molecule has 8 nitrogen and oxygen atoms in total. The van der Waals surface area contributed by atoms with E-state index < -0.39 is 32.0 Å². The second kappa shape index (κ2) is 8.38. The lowest BCUT2D eigenvalue weighted by Crippen LogP contribution is -2.47. The van der Waals surface area contributed by atoms with Gasteiger partial charge in [0.1, 0.15) is 6.04 Å². The number of para-hydroxylation sites is 1. The Morgan fingerprint density at radius 1 is 1.11 bits per heavy atom. The van der Waals surface area contributed by atoms with Crippen molar-refractivity contribution in [3.05, 3.63) is 29.8 Å². The molecule has 1 amide bonds. The lowest BCUT2D eigenvalue weighted by molar-refractivity contribution is -0.124. The third kappa shape index (κ3) is 4.33. The minimum atomic E-state index is -3.56. The van der Waals surface area contributed by atoms with Crippen molar-refractivity contribution in [1.82, 2.24) is 9.62 Å². The van der Waals surface area contributed by atoms with Gasteiger partial charge in [-0.3, -0.25) is 9.10 Å². The predicted molar refractivity (Wildman–Crippen MR) is 108 cm³/mol. The number of anilines is 1. The Labute approximate surface area is 167 Å². The van der Waals surface area contributed by atoms with Gasteiger partial charge in [-0.2, -0.15) is 4.31 Å². The second-order valence-electron chi connectivity index (χ2n) is 7.14. The van der Waals surface area contributed by atoms with Gasteiger partial charge in [0.15, 0.2) is 0 Å². The molecule has 2 heterocycles. The molecule has 1 N–H and O–H groups in total. The van der Waals surface area contributed by atoms with Crippen molar-refractivity contribution in [2.45, 2.75) is 38.6 Å². The van der Waals surface area contributed by atoms with Crippen LogP contribution in [0, 0.1) is 0 Å². The second-order valence-corrected chi connectivity index (χ2v) is 11.2. The maximum absolute atomic E-state index is 12.7. The first-order valence-corrected chi connectivity index (χ1v) is 12.8. The lowest BCUT2D eigenvalue weighted by atomic mass is 10.2. The van der Waals surface area contributed by atoms with Crippen LogP contribution < -0.4 is 9.62 Å². The van der Waals surface area contributed by atoms with E-state index in [0.717, 1.165) is 5.56 Å². The van der Waals surface area contributed by atoms with Crippen LogP contribution in [0.15, 0.2) is 24.3 Å². The van der Waals surface area contributed by atoms with Crippen molar-refractivity contribution < 1.29 is 21.6 Å². The molecule has 0 aromatic heterocycles. The molecule has 0 radical (unpaired) electrons. The summed E-state index contributed by atoms with van der Waals surface area (Å²) in [6.45, 7) is 2.48.